The van der Waals surface area contributed by atoms with E-state index in [9.17, 15) is 0 Å². The molecule has 0 radical (unpaired) electrons. The number of rotatable bonds is 8. The summed E-state index contributed by atoms with van der Waals surface area (Å²) < 4.78 is 0. The fourth-order valence-corrected chi connectivity index (χ4v) is 2.50. The van der Waals surface area contributed by atoms with Crippen molar-refractivity contribution in [2.45, 2.75) is 46.6 Å². The highest BCUT2D eigenvalue weighted by atomic mass is 15.1. The van der Waals surface area contributed by atoms with E-state index in [0.29, 0.717) is 0 Å². The Morgan fingerprint density at radius 3 is 2.50 bits per heavy atom. The van der Waals surface area contributed by atoms with Crippen molar-refractivity contribution in [1.29, 1.82) is 0 Å². The highest BCUT2D eigenvalue weighted by Gasteiger charge is 2.10. The van der Waals surface area contributed by atoms with Crippen molar-refractivity contribution in [3.05, 3.63) is 29.8 Å². The van der Waals surface area contributed by atoms with E-state index < -0.39 is 0 Å². The lowest BCUT2D eigenvalue weighted by Crippen LogP contribution is -2.29. The van der Waals surface area contributed by atoms with Crippen molar-refractivity contribution in [2.24, 2.45) is 5.92 Å². The zero-order chi connectivity index (χ0) is 13.4. The van der Waals surface area contributed by atoms with Crippen LogP contribution in [0.3, 0.4) is 0 Å². The van der Waals surface area contributed by atoms with Gasteiger partial charge in [-0.15, -0.1) is 0 Å². The molecule has 1 aromatic rings. The molecule has 0 saturated heterocycles. The Morgan fingerprint density at radius 2 is 1.89 bits per heavy atom. The lowest BCUT2D eigenvalue weighted by atomic mass is 10.0. The molecule has 2 N–H and O–H groups in total. The van der Waals surface area contributed by atoms with Gasteiger partial charge in [-0.2, -0.15) is 0 Å². The van der Waals surface area contributed by atoms with Gasteiger partial charge in [-0.3, -0.25) is 4.90 Å². The molecule has 0 bridgehead atoms. The van der Waals surface area contributed by atoms with Crippen LogP contribution < -0.4 is 5.73 Å². The Hall–Kier alpha value is -1.02. The van der Waals surface area contributed by atoms with Crippen LogP contribution in [0.25, 0.3) is 0 Å². The standard InChI is InChI=1S/C16H28N2/c1-4-8-14(3)12-18(11-5-2)13-15-9-6-7-10-16(15)17/h6-7,9-10,14H,4-5,8,11-13,17H2,1-3H3. The molecule has 18 heavy (non-hydrogen) atoms. The van der Waals surface area contributed by atoms with Gasteiger partial charge in [-0.05, 0) is 36.9 Å². The first kappa shape index (κ1) is 15.0. The molecule has 0 saturated carbocycles. The van der Waals surface area contributed by atoms with Crippen LogP contribution >= 0.6 is 0 Å². The summed E-state index contributed by atoms with van der Waals surface area (Å²) >= 11 is 0. The van der Waals surface area contributed by atoms with Crippen molar-refractivity contribution < 1.29 is 0 Å². The van der Waals surface area contributed by atoms with E-state index in [0.717, 1.165) is 24.7 Å². The third-order valence-corrected chi connectivity index (χ3v) is 3.34. The number of benzene rings is 1. The van der Waals surface area contributed by atoms with Crippen LogP contribution in [0.4, 0.5) is 5.69 Å². The Balaban J connectivity index is 2.59. The molecule has 1 rings (SSSR count). The largest absolute Gasteiger partial charge is 0.398 e. The van der Waals surface area contributed by atoms with Gasteiger partial charge in [0.1, 0.15) is 0 Å². The van der Waals surface area contributed by atoms with Gasteiger partial charge in [-0.1, -0.05) is 45.4 Å². The molecule has 0 amide bonds. The van der Waals surface area contributed by atoms with Crippen LogP contribution in [0.5, 0.6) is 0 Å². The molecule has 1 atom stereocenters. The van der Waals surface area contributed by atoms with E-state index in [1.807, 2.05) is 12.1 Å². The van der Waals surface area contributed by atoms with Crippen LogP contribution in [0.15, 0.2) is 24.3 Å². The molecule has 0 spiro atoms. The maximum atomic E-state index is 6.03. The van der Waals surface area contributed by atoms with Crippen LogP contribution in [-0.4, -0.2) is 18.0 Å². The Kier molecular flexibility index (Phi) is 6.81. The zero-order valence-corrected chi connectivity index (χ0v) is 12.2. The van der Waals surface area contributed by atoms with Crippen LogP contribution in [0.1, 0.15) is 45.6 Å². The normalized spacial score (nSPS) is 12.9. The molecule has 0 aliphatic rings. The minimum Gasteiger partial charge on any atom is -0.398 e. The molecule has 0 aromatic heterocycles. The predicted octanol–water partition coefficient (Wildman–Crippen LogP) is 3.92. The molecule has 1 unspecified atom stereocenters. The zero-order valence-electron chi connectivity index (χ0n) is 12.2. The molecule has 0 fully saturated rings. The number of hydrogen-bond donors (Lipinski definition) is 1. The molecule has 102 valence electrons. The van der Waals surface area contributed by atoms with Crippen LogP contribution in [-0.2, 0) is 6.54 Å². The highest BCUT2D eigenvalue weighted by Crippen LogP contribution is 2.16. The van der Waals surface area contributed by atoms with Crippen LogP contribution in [0, 0.1) is 5.92 Å². The maximum absolute atomic E-state index is 6.03. The average molecular weight is 248 g/mol. The first-order valence-corrected chi connectivity index (χ1v) is 7.23. The monoisotopic (exact) mass is 248 g/mol. The Labute approximate surface area is 112 Å². The van der Waals surface area contributed by atoms with Crippen molar-refractivity contribution >= 4 is 5.69 Å². The smallest absolute Gasteiger partial charge is 0.0359 e. The van der Waals surface area contributed by atoms with E-state index in [1.54, 1.807) is 0 Å². The molecule has 0 aliphatic heterocycles. The quantitative estimate of drug-likeness (QED) is 0.707. The van der Waals surface area contributed by atoms with Gasteiger partial charge in [-0.25, -0.2) is 0 Å². The summed E-state index contributed by atoms with van der Waals surface area (Å²) in [5.74, 6) is 0.770. The molecule has 2 nitrogen and oxygen atoms in total. The second-order valence-corrected chi connectivity index (χ2v) is 5.33. The summed E-state index contributed by atoms with van der Waals surface area (Å²) in [5.41, 5.74) is 8.21. The minimum absolute atomic E-state index is 0.770. The van der Waals surface area contributed by atoms with Crippen molar-refractivity contribution in [1.82, 2.24) is 4.90 Å². The van der Waals surface area contributed by atoms with Crippen molar-refractivity contribution in [2.75, 3.05) is 18.8 Å². The first-order valence-electron chi connectivity index (χ1n) is 7.23. The number of anilines is 1. The van der Waals surface area contributed by atoms with Gasteiger partial charge in [0.25, 0.3) is 0 Å². The average Bonchev–Trinajstić information content (AvgIpc) is 2.32. The summed E-state index contributed by atoms with van der Waals surface area (Å²) in [6.45, 7) is 10.2. The summed E-state index contributed by atoms with van der Waals surface area (Å²) in [7, 11) is 0. The van der Waals surface area contributed by atoms with E-state index >= 15 is 0 Å². The summed E-state index contributed by atoms with van der Waals surface area (Å²) in [6, 6.07) is 8.21. The topological polar surface area (TPSA) is 29.3 Å². The minimum atomic E-state index is 0.770. The third-order valence-electron chi connectivity index (χ3n) is 3.34. The molecular formula is C16H28N2. The molecule has 1 aromatic carbocycles. The molecule has 0 aliphatic carbocycles. The van der Waals surface area contributed by atoms with Crippen LogP contribution in [0.2, 0.25) is 0 Å². The Bertz CT molecular complexity index is 336. The molecule has 0 heterocycles. The van der Waals surface area contributed by atoms with Gasteiger partial charge >= 0.3 is 0 Å². The van der Waals surface area contributed by atoms with Crippen molar-refractivity contribution in [3.8, 4) is 0 Å². The van der Waals surface area contributed by atoms with Crippen molar-refractivity contribution in [3.63, 3.8) is 0 Å². The van der Waals surface area contributed by atoms with E-state index in [4.69, 9.17) is 5.73 Å². The number of nitrogens with zero attached hydrogens (tertiary/aromatic N) is 1. The fraction of sp³-hybridized carbons (Fsp3) is 0.625. The molecular weight excluding hydrogens is 220 g/mol. The van der Waals surface area contributed by atoms with E-state index in [1.165, 1.54) is 31.4 Å². The van der Waals surface area contributed by atoms with Gasteiger partial charge in [0.15, 0.2) is 0 Å². The second-order valence-electron chi connectivity index (χ2n) is 5.33. The summed E-state index contributed by atoms with van der Waals surface area (Å²) in [4.78, 5) is 2.53. The van der Waals surface area contributed by atoms with Gasteiger partial charge in [0, 0.05) is 18.8 Å². The summed E-state index contributed by atoms with van der Waals surface area (Å²) in [6.07, 6.45) is 3.78. The lowest BCUT2D eigenvalue weighted by Gasteiger charge is -2.25. The number of nitrogen functional groups attached to an aromatic ring is 1. The second kappa shape index (κ2) is 8.15. The van der Waals surface area contributed by atoms with E-state index in [-0.39, 0.29) is 0 Å². The SMILES string of the molecule is CCCC(C)CN(CCC)Cc1ccccc1N. The van der Waals surface area contributed by atoms with Gasteiger partial charge in [0.05, 0.1) is 0 Å². The number of hydrogen-bond acceptors (Lipinski definition) is 2. The maximum Gasteiger partial charge on any atom is 0.0359 e. The first-order chi connectivity index (χ1) is 8.67. The predicted molar refractivity (Wildman–Crippen MR) is 80.5 cm³/mol. The third kappa shape index (κ3) is 5.09. The Morgan fingerprint density at radius 1 is 1.17 bits per heavy atom. The number of nitrogens with two attached hydrogens (primary N) is 1. The molecule has 2 heteroatoms. The fourth-order valence-electron chi connectivity index (χ4n) is 2.50. The van der Waals surface area contributed by atoms with E-state index in [2.05, 4.69) is 37.8 Å². The highest BCUT2D eigenvalue weighted by molar-refractivity contribution is 5.46. The number of para-hydroxylation sites is 1. The van der Waals surface area contributed by atoms with Gasteiger partial charge < -0.3 is 5.73 Å². The lowest BCUT2D eigenvalue weighted by molar-refractivity contribution is 0.224. The van der Waals surface area contributed by atoms with Gasteiger partial charge in [0.2, 0.25) is 0 Å². The summed E-state index contributed by atoms with van der Waals surface area (Å²) in [5, 5.41) is 0.